The Bertz CT molecular complexity index is 577. The van der Waals surface area contributed by atoms with E-state index in [0.717, 1.165) is 0 Å². The van der Waals surface area contributed by atoms with Crippen LogP contribution in [0.4, 0.5) is 0 Å². The molecule has 0 saturated heterocycles. The van der Waals surface area contributed by atoms with Crippen LogP contribution in [0.2, 0.25) is 0 Å². The summed E-state index contributed by atoms with van der Waals surface area (Å²) in [5.74, 6) is -2.66. The van der Waals surface area contributed by atoms with Crippen LogP contribution in [0.15, 0.2) is 0 Å². The number of nitrogens with one attached hydrogen (secondary N) is 3. The van der Waals surface area contributed by atoms with Crippen LogP contribution < -0.4 is 21.7 Å². The van der Waals surface area contributed by atoms with Crippen molar-refractivity contribution in [3.05, 3.63) is 0 Å². The van der Waals surface area contributed by atoms with Gasteiger partial charge in [-0.25, -0.2) is 4.79 Å². The number of rotatable bonds is 12. The topological polar surface area (TPSA) is 151 Å². The number of aliphatic carboxylic acids is 1. The minimum absolute atomic E-state index is 0.0812. The largest absolute Gasteiger partial charge is 0.480 e. The van der Waals surface area contributed by atoms with Crippen molar-refractivity contribution in [2.24, 2.45) is 23.5 Å². The molecule has 0 aromatic carbocycles. The van der Waals surface area contributed by atoms with E-state index in [0.29, 0.717) is 12.8 Å². The van der Waals surface area contributed by atoms with Crippen molar-refractivity contribution in [1.82, 2.24) is 16.0 Å². The molecule has 9 nitrogen and oxygen atoms in total. The van der Waals surface area contributed by atoms with E-state index in [2.05, 4.69) is 16.0 Å². The summed E-state index contributed by atoms with van der Waals surface area (Å²) in [6.45, 7) is 12.5. The quantitative estimate of drug-likeness (QED) is 0.316. The van der Waals surface area contributed by atoms with Crippen molar-refractivity contribution in [1.29, 1.82) is 0 Å². The van der Waals surface area contributed by atoms with Gasteiger partial charge in [0.25, 0.3) is 0 Å². The molecule has 0 spiro atoms. The van der Waals surface area contributed by atoms with Gasteiger partial charge in [-0.15, -0.1) is 0 Å². The zero-order chi connectivity index (χ0) is 22.9. The molecule has 29 heavy (non-hydrogen) atoms. The molecule has 168 valence electrons. The predicted octanol–water partition coefficient (Wildman–Crippen LogP) is 0.621. The van der Waals surface area contributed by atoms with Gasteiger partial charge in [-0.2, -0.15) is 0 Å². The summed E-state index contributed by atoms with van der Waals surface area (Å²) in [6, 6.07) is -3.57. The summed E-state index contributed by atoms with van der Waals surface area (Å²) >= 11 is 0. The van der Waals surface area contributed by atoms with E-state index in [-0.39, 0.29) is 17.8 Å². The van der Waals surface area contributed by atoms with Crippen molar-refractivity contribution in [2.75, 3.05) is 0 Å². The van der Waals surface area contributed by atoms with Crippen molar-refractivity contribution < 1.29 is 24.3 Å². The summed E-state index contributed by atoms with van der Waals surface area (Å²) in [5.41, 5.74) is 5.83. The lowest BCUT2D eigenvalue weighted by Gasteiger charge is -2.26. The molecule has 0 fully saturated rings. The zero-order valence-electron chi connectivity index (χ0n) is 18.6. The third kappa shape index (κ3) is 10.3. The van der Waals surface area contributed by atoms with Crippen molar-refractivity contribution in [3.63, 3.8) is 0 Å². The van der Waals surface area contributed by atoms with Gasteiger partial charge in [-0.3, -0.25) is 14.4 Å². The first-order chi connectivity index (χ1) is 13.3. The summed E-state index contributed by atoms with van der Waals surface area (Å²) < 4.78 is 0. The van der Waals surface area contributed by atoms with Crippen LogP contribution >= 0.6 is 0 Å². The molecule has 0 saturated carbocycles. The summed E-state index contributed by atoms with van der Waals surface area (Å²) in [7, 11) is 0. The van der Waals surface area contributed by atoms with Crippen molar-refractivity contribution in [3.8, 4) is 0 Å². The molecule has 0 aliphatic carbocycles. The van der Waals surface area contributed by atoms with Crippen LogP contribution in [0.25, 0.3) is 0 Å². The third-order valence-electron chi connectivity index (χ3n) is 4.38. The van der Waals surface area contributed by atoms with E-state index >= 15 is 0 Å². The van der Waals surface area contributed by atoms with E-state index in [1.807, 2.05) is 27.7 Å². The van der Waals surface area contributed by atoms with E-state index in [4.69, 9.17) is 5.73 Å². The Morgan fingerprint density at radius 3 is 1.69 bits per heavy atom. The number of nitrogens with two attached hydrogens (primary N) is 1. The fourth-order valence-corrected chi connectivity index (χ4v) is 2.77. The Hall–Kier alpha value is -2.16. The van der Waals surface area contributed by atoms with Crippen LogP contribution in [-0.4, -0.2) is 53.0 Å². The van der Waals surface area contributed by atoms with E-state index < -0.39 is 47.9 Å². The fraction of sp³-hybridized carbons (Fsp3) is 0.800. The molecule has 4 unspecified atom stereocenters. The van der Waals surface area contributed by atoms with Crippen molar-refractivity contribution in [2.45, 2.75) is 85.5 Å². The highest BCUT2D eigenvalue weighted by molar-refractivity contribution is 5.93. The number of hydrogen-bond acceptors (Lipinski definition) is 5. The number of carbonyl (C=O) groups excluding carboxylic acids is 3. The lowest BCUT2D eigenvalue weighted by Crippen LogP contribution is -2.57. The second-order valence-electron chi connectivity index (χ2n) is 8.73. The van der Waals surface area contributed by atoms with Gasteiger partial charge < -0.3 is 26.8 Å². The van der Waals surface area contributed by atoms with Crippen LogP contribution in [-0.2, 0) is 19.2 Å². The molecule has 0 heterocycles. The maximum atomic E-state index is 12.6. The van der Waals surface area contributed by atoms with E-state index in [1.165, 1.54) is 6.92 Å². The van der Waals surface area contributed by atoms with Gasteiger partial charge in [0.2, 0.25) is 17.7 Å². The molecule has 0 rings (SSSR count). The second-order valence-corrected chi connectivity index (χ2v) is 8.73. The molecule has 0 aliphatic heterocycles. The molecule has 0 aromatic rings. The average molecular weight is 415 g/mol. The third-order valence-corrected chi connectivity index (χ3v) is 4.38. The Morgan fingerprint density at radius 2 is 1.28 bits per heavy atom. The Labute approximate surface area is 173 Å². The first-order valence-electron chi connectivity index (χ1n) is 10.2. The lowest BCUT2D eigenvalue weighted by molar-refractivity contribution is -0.143. The molecule has 0 bridgehead atoms. The minimum atomic E-state index is -1.14. The second kappa shape index (κ2) is 12.4. The minimum Gasteiger partial charge on any atom is -0.480 e. The van der Waals surface area contributed by atoms with Crippen LogP contribution in [0, 0.1) is 17.8 Å². The van der Waals surface area contributed by atoms with Gasteiger partial charge in [0.1, 0.15) is 18.1 Å². The maximum absolute atomic E-state index is 12.6. The van der Waals surface area contributed by atoms with Crippen LogP contribution in [0.3, 0.4) is 0 Å². The smallest absolute Gasteiger partial charge is 0.326 e. The van der Waals surface area contributed by atoms with Gasteiger partial charge in [0.15, 0.2) is 0 Å². The first kappa shape index (κ1) is 26.8. The molecule has 0 aromatic heterocycles. The van der Waals surface area contributed by atoms with Gasteiger partial charge in [0.05, 0.1) is 6.04 Å². The van der Waals surface area contributed by atoms with Gasteiger partial charge >= 0.3 is 5.97 Å². The maximum Gasteiger partial charge on any atom is 0.326 e. The van der Waals surface area contributed by atoms with Gasteiger partial charge in [-0.05, 0) is 37.5 Å². The van der Waals surface area contributed by atoms with E-state index in [1.54, 1.807) is 13.8 Å². The summed E-state index contributed by atoms with van der Waals surface area (Å²) in [6.07, 6.45) is 0.819. The highest BCUT2D eigenvalue weighted by Crippen LogP contribution is 2.08. The average Bonchev–Trinajstić information content (AvgIpc) is 2.56. The number of carbonyl (C=O) groups is 4. The highest BCUT2D eigenvalue weighted by atomic mass is 16.4. The molecule has 6 N–H and O–H groups in total. The first-order valence-corrected chi connectivity index (χ1v) is 10.2. The Balaban J connectivity index is 5.08. The molecule has 9 heteroatoms. The molecule has 0 aliphatic rings. The van der Waals surface area contributed by atoms with Gasteiger partial charge in [-0.1, -0.05) is 41.5 Å². The summed E-state index contributed by atoms with van der Waals surface area (Å²) in [5, 5.41) is 16.9. The fourth-order valence-electron chi connectivity index (χ4n) is 2.77. The number of carboxylic acid groups (broad SMARTS) is 1. The molecule has 3 amide bonds. The number of hydrogen-bond donors (Lipinski definition) is 5. The van der Waals surface area contributed by atoms with Crippen molar-refractivity contribution >= 4 is 23.7 Å². The lowest BCUT2D eigenvalue weighted by atomic mass is 10.00. The summed E-state index contributed by atoms with van der Waals surface area (Å²) in [4.78, 5) is 48.6. The standard InChI is InChI=1S/C20H38N4O5/c1-10(2)8-14(21)18(26)22-13(7)17(25)23-15(9-11(3)4)19(27)24-16(12(5)6)20(28)29/h10-16H,8-9,21H2,1-7H3,(H,22,26)(H,23,25)(H,24,27)(H,28,29). The molecule has 4 atom stereocenters. The van der Waals surface area contributed by atoms with Gasteiger partial charge in [0, 0.05) is 0 Å². The Morgan fingerprint density at radius 1 is 0.759 bits per heavy atom. The Kier molecular flexibility index (Phi) is 11.5. The SMILES string of the molecule is CC(C)CC(N)C(=O)NC(C)C(=O)NC(CC(C)C)C(=O)NC(C(=O)O)C(C)C. The number of carboxylic acids is 1. The molecular weight excluding hydrogens is 376 g/mol. The highest BCUT2D eigenvalue weighted by Gasteiger charge is 2.30. The monoisotopic (exact) mass is 414 g/mol. The zero-order valence-corrected chi connectivity index (χ0v) is 18.6. The number of amides is 3. The normalized spacial score (nSPS) is 15.6. The van der Waals surface area contributed by atoms with E-state index in [9.17, 15) is 24.3 Å². The molecular formula is C20H38N4O5. The van der Waals surface area contributed by atoms with Crippen LogP contribution in [0.1, 0.15) is 61.3 Å². The van der Waals surface area contributed by atoms with Crippen LogP contribution in [0.5, 0.6) is 0 Å². The predicted molar refractivity (Wildman–Crippen MR) is 111 cm³/mol. The molecule has 0 radical (unpaired) electrons.